The van der Waals surface area contributed by atoms with E-state index in [2.05, 4.69) is 31.2 Å². The minimum atomic E-state index is -0.304. The van der Waals surface area contributed by atoms with Crippen molar-refractivity contribution in [2.45, 2.75) is 46.6 Å². The van der Waals surface area contributed by atoms with Gasteiger partial charge in [0.2, 0.25) is 0 Å². The number of piperidine rings is 1. The number of anilines is 2. The molecule has 0 aromatic carbocycles. The normalized spacial score (nSPS) is 14.2. The Morgan fingerprint density at radius 1 is 1.23 bits per heavy atom. The van der Waals surface area contributed by atoms with Gasteiger partial charge in [0.25, 0.3) is 0 Å². The summed E-state index contributed by atoms with van der Waals surface area (Å²) < 4.78 is 5.21. The van der Waals surface area contributed by atoms with Crippen LogP contribution >= 0.6 is 11.3 Å². The van der Waals surface area contributed by atoms with Crippen molar-refractivity contribution in [3.8, 4) is 0 Å². The molecule has 1 saturated heterocycles. The van der Waals surface area contributed by atoms with Crippen molar-refractivity contribution in [3.05, 3.63) is 40.2 Å². The first-order valence-electron chi connectivity index (χ1n) is 10.5. The van der Waals surface area contributed by atoms with E-state index < -0.39 is 0 Å². The maximum Gasteiger partial charge on any atom is 0.348 e. The Morgan fingerprint density at radius 2 is 2.03 bits per heavy atom. The van der Waals surface area contributed by atoms with Crippen molar-refractivity contribution < 1.29 is 9.53 Å². The zero-order valence-electron chi connectivity index (χ0n) is 17.7. The van der Waals surface area contributed by atoms with Gasteiger partial charge in [0.05, 0.1) is 12.0 Å². The average Bonchev–Trinajstić information content (AvgIpc) is 3.09. The number of hydrogen-bond acceptors (Lipinski definition) is 8. The molecule has 0 spiro atoms. The number of pyridine rings is 1. The van der Waals surface area contributed by atoms with E-state index in [1.165, 1.54) is 30.6 Å². The van der Waals surface area contributed by atoms with Crippen molar-refractivity contribution in [1.82, 2.24) is 15.0 Å². The summed E-state index contributed by atoms with van der Waals surface area (Å²) in [5.74, 6) is 2.15. The van der Waals surface area contributed by atoms with Crippen LogP contribution < -0.4 is 10.2 Å². The Labute approximate surface area is 180 Å². The maximum absolute atomic E-state index is 12.3. The third-order valence-corrected chi connectivity index (χ3v) is 6.50. The summed E-state index contributed by atoms with van der Waals surface area (Å²) >= 11 is 1.36. The summed E-state index contributed by atoms with van der Waals surface area (Å²) in [5.41, 5.74) is 2.00. The van der Waals surface area contributed by atoms with Crippen molar-refractivity contribution in [1.29, 1.82) is 0 Å². The molecule has 1 fully saturated rings. The number of nitrogens with one attached hydrogen (secondary N) is 1. The molecule has 0 bridgehead atoms. The summed E-state index contributed by atoms with van der Waals surface area (Å²) in [5, 5.41) is 4.37. The first kappa shape index (κ1) is 20.5. The number of rotatable bonds is 6. The summed E-state index contributed by atoms with van der Waals surface area (Å²) in [4.78, 5) is 29.9. The van der Waals surface area contributed by atoms with Gasteiger partial charge >= 0.3 is 5.97 Å². The third-order valence-electron chi connectivity index (χ3n) is 5.33. The fraction of sp³-hybridized carbons (Fsp3) is 0.455. The summed E-state index contributed by atoms with van der Waals surface area (Å²) in [6.45, 7) is 8.66. The Hall–Kier alpha value is -2.74. The maximum atomic E-state index is 12.3. The van der Waals surface area contributed by atoms with E-state index in [1.54, 1.807) is 0 Å². The van der Waals surface area contributed by atoms with Gasteiger partial charge < -0.3 is 15.0 Å². The average molecular weight is 426 g/mol. The van der Waals surface area contributed by atoms with E-state index in [0.29, 0.717) is 23.9 Å². The molecule has 0 amide bonds. The Bertz CT molecular complexity index is 1060. The molecule has 4 heterocycles. The Morgan fingerprint density at radius 3 is 2.80 bits per heavy atom. The molecule has 4 rings (SSSR count). The quantitative estimate of drug-likeness (QED) is 0.583. The number of hydrogen-bond donors (Lipinski definition) is 1. The van der Waals surface area contributed by atoms with Gasteiger partial charge in [-0.25, -0.2) is 19.7 Å². The van der Waals surface area contributed by atoms with Gasteiger partial charge in [0.15, 0.2) is 0 Å². The van der Waals surface area contributed by atoms with Crippen LogP contribution in [0.1, 0.15) is 52.8 Å². The lowest BCUT2D eigenvalue weighted by atomic mass is 10.1. The van der Waals surface area contributed by atoms with Crippen LogP contribution in [0.25, 0.3) is 10.2 Å². The lowest BCUT2D eigenvalue weighted by molar-refractivity contribution is 0.0531. The second kappa shape index (κ2) is 8.95. The number of aromatic nitrogens is 3. The van der Waals surface area contributed by atoms with Crippen molar-refractivity contribution in [2.24, 2.45) is 0 Å². The third kappa shape index (κ3) is 4.09. The predicted molar refractivity (Wildman–Crippen MR) is 120 cm³/mol. The van der Waals surface area contributed by atoms with Crippen LogP contribution in [0.5, 0.6) is 0 Å². The molecule has 1 aliphatic rings. The lowest BCUT2D eigenvalue weighted by Gasteiger charge is -2.29. The van der Waals surface area contributed by atoms with Crippen LogP contribution in [0.3, 0.4) is 0 Å². The van der Waals surface area contributed by atoms with Crippen LogP contribution in [-0.4, -0.2) is 40.6 Å². The van der Waals surface area contributed by atoms with E-state index in [-0.39, 0.29) is 5.97 Å². The molecule has 3 aromatic heterocycles. The first-order chi connectivity index (χ1) is 14.6. The standard InChI is InChI=1S/C22H27N5O2S/c1-4-29-22(28)18-14(2)17-19(25-15(3)26-21(17)30-18)24-13-16-9-8-10-23-20(16)27-11-6-5-7-12-27/h8-10H,4-7,11-13H2,1-3H3,(H,24,25,26). The Balaban J connectivity index is 1.64. The topological polar surface area (TPSA) is 80.2 Å². The molecule has 8 heteroatoms. The molecule has 1 N–H and O–H groups in total. The highest BCUT2D eigenvalue weighted by Gasteiger charge is 2.21. The minimum absolute atomic E-state index is 0.304. The van der Waals surface area contributed by atoms with E-state index in [0.717, 1.165) is 46.1 Å². The number of ether oxygens (including phenoxy) is 1. The fourth-order valence-corrected chi connectivity index (χ4v) is 5.02. The largest absolute Gasteiger partial charge is 0.462 e. The van der Waals surface area contributed by atoms with E-state index in [4.69, 9.17) is 4.74 Å². The van der Waals surface area contributed by atoms with E-state index >= 15 is 0 Å². The monoisotopic (exact) mass is 425 g/mol. The highest BCUT2D eigenvalue weighted by Crippen LogP contribution is 2.35. The molecule has 0 atom stereocenters. The van der Waals surface area contributed by atoms with Gasteiger partial charge in [-0.05, 0) is 51.7 Å². The van der Waals surface area contributed by atoms with Gasteiger partial charge in [-0.1, -0.05) is 6.07 Å². The first-order valence-corrected chi connectivity index (χ1v) is 11.3. The molecule has 3 aromatic rings. The van der Waals surface area contributed by atoms with Gasteiger partial charge in [-0.3, -0.25) is 0 Å². The van der Waals surface area contributed by atoms with E-state index in [1.807, 2.05) is 33.0 Å². The second-order valence-corrected chi connectivity index (χ2v) is 8.46. The number of aryl methyl sites for hydroxylation is 2. The number of thiophene rings is 1. The minimum Gasteiger partial charge on any atom is -0.462 e. The molecule has 0 unspecified atom stereocenters. The summed E-state index contributed by atoms with van der Waals surface area (Å²) in [7, 11) is 0. The highest BCUT2D eigenvalue weighted by atomic mass is 32.1. The SMILES string of the molecule is CCOC(=O)c1sc2nc(C)nc(NCc3cccnc3N3CCCCC3)c2c1C. The zero-order valence-corrected chi connectivity index (χ0v) is 18.5. The number of carbonyl (C=O) groups is 1. The molecule has 1 aliphatic heterocycles. The number of nitrogens with zero attached hydrogens (tertiary/aromatic N) is 4. The number of carbonyl (C=O) groups excluding carboxylic acids is 1. The van der Waals surface area contributed by atoms with E-state index in [9.17, 15) is 4.79 Å². The molecule has 0 radical (unpaired) electrons. The molecular weight excluding hydrogens is 398 g/mol. The summed E-state index contributed by atoms with van der Waals surface area (Å²) in [6.07, 6.45) is 5.56. The molecule has 0 saturated carbocycles. The van der Waals surface area contributed by atoms with Crippen LogP contribution in [-0.2, 0) is 11.3 Å². The molecule has 0 aliphatic carbocycles. The zero-order chi connectivity index (χ0) is 21.1. The van der Waals surface area contributed by atoms with Crippen LogP contribution in [0, 0.1) is 13.8 Å². The second-order valence-electron chi connectivity index (χ2n) is 7.46. The molecular formula is C22H27N5O2S. The van der Waals surface area contributed by atoms with Gasteiger partial charge in [-0.2, -0.15) is 0 Å². The van der Waals surface area contributed by atoms with Gasteiger partial charge in [0, 0.05) is 31.4 Å². The fourth-order valence-electron chi connectivity index (χ4n) is 3.90. The smallest absolute Gasteiger partial charge is 0.348 e. The van der Waals surface area contributed by atoms with Crippen molar-refractivity contribution in [3.63, 3.8) is 0 Å². The van der Waals surface area contributed by atoms with Gasteiger partial charge in [0.1, 0.15) is 27.2 Å². The number of esters is 1. The van der Waals surface area contributed by atoms with Crippen LogP contribution in [0.2, 0.25) is 0 Å². The van der Waals surface area contributed by atoms with Crippen molar-refractivity contribution >= 4 is 39.2 Å². The highest BCUT2D eigenvalue weighted by molar-refractivity contribution is 7.20. The Kier molecular flexibility index (Phi) is 6.13. The summed E-state index contributed by atoms with van der Waals surface area (Å²) in [6, 6.07) is 4.08. The van der Waals surface area contributed by atoms with Crippen LogP contribution in [0.15, 0.2) is 18.3 Å². The molecule has 7 nitrogen and oxygen atoms in total. The van der Waals surface area contributed by atoms with Crippen molar-refractivity contribution in [2.75, 3.05) is 29.9 Å². The number of fused-ring (bicyclic) bond motifs is 1. The predicted octanol–water partition coefficient (Wildman–Crippen LogP) is 4.48. The van der Waals surface area contributed by atoms with Gasteiger partial charge in [-0.15, -0.1) is 11.3 Å². The molecule has 30 heavy (non-hydrogen) atoms. The lowest BCUT2D eigenvalue weighted by Crippen LogP contribution is -2.31. The van der Waals surface area contributed by atoms with Crippen LogP contribution in [0.4, 0.5) is 11.6 Å². The molecule has 158 valence electrons.